The number of anilines is 2. The highest BCUT2D eigenvalue weighted by atomic mass is 16.5. The number of aromatic nitrogens is 2. The van der Waals surface area contributed by atoms with E-state index in [0.29, 0.717) is 19.0 Å². The smallest absolute Gasteiger partial charge is 0.345 e. The van der Waals surface area contributed by atoms with E-state index in [-0.39, 0.29) is 12.2 Å². The topological polar surface area (TPSA) is 87.8 Å². The third kappa shape index (κ3) is 3.79. The molecule has 1 aliphatic rings. The summed E-state index contributed by atoms with van der Waals surface area (Å²) >= 11 is 0. The van der Waals surface area contributed by atoms with Gasteiger partial charge in [-0.15, -0.1) is 0 Å². The largest absolute Gasteiger partial charge is 0.497 e. The molecule has 138 valence electrons. The molecule has 8 heteroatoms. The molecule has 26 heavy (non-hydrogen) atoms. The van der Waals surface area contributed by atoms with E-state index in [9.17, 15) is 9.59 Å². The minimum absolute atomic E-state index is 0.0781. The van der Waals surface area contributed by atoms with Crippen molar-refractivity contribution in [1.29, 1.82) is 0 Å². The lowest BCUT2D eigenvalue weighted by Crippen LogP contribution is -2.47. The Morgan fingerprint density at radius 1 is 1.23 bits per heavy atom. The SMILES string of the molecule is CCOC(=O)c1cnc(N2CCN(c3cccc(OC)c3)CC2)[nH]c1=O. The Bertz CT molecular complexity index is 828. The van der Waals surface area contributed by atoms with E-state index in [2.05, 4.69) is 14.9 Å². The molecule has 2 aromatic rings. The van der Waals surface area contributed by atoms with Crippen molar-refractivity contribution in [3.05, 3.63) is 46.4 Å². The van der Waals surface area contributed by atoms with Crippen LogP contribution in [-0.2, 0) is 4.74 Å². The standard InChI is InChI=1S/C18H22N4O4/c1-3-26-17(24)15-12-19-18(20-16(15)23)22-9-7-21(8-10-22)13-5-4-6-14(11-13)25-2/h4-6,11-12H,3,7-10H2,1-2H3,(H,19,20,23). The Kier molecular flexibility index (Phi) is 5.40. The lowest BCUT2D eigenvalue weighted by Gasteiger charge is -2.36. The number of ether oxygens (including phenoxy) is 2. The van der Waals surface area contributed by atoms with Crippen LogP contribution in [0.4, 0.5) is 11.6 Å². The maximum absolute atomic E-state index is 12.1. The minimum atomic E-state index is -0.657. The van der Waals surface area contributed by atoms with Gasteiger partial charge in [-0.2, -0.15) is 0 Å². The van der Waals surface area contributed by atoms with Gasteiger partial charge in [0.15, 0.2) is 0 Å². The molecule has 0 unspecified atom stereocenters. The average Bonchev–Trinajstić information content (AvgIpc) is 2.68. The highest BCUT2D eigenvalue weighted by molar-refractivity contribution is 5.88. The van der Waals surface area contributed by atoms with Crippen LogP contribution in [-0.4, -0.2) is 55.8 Å². The molecule has 1 aliphatic heterocycles. The second-order valence-corrected chi connectivity index (χ2v) is 5.85. The molecule has 8 nitrogen and oxygen atoms in total. The number of hydrogen-bond donors (Lipinski definition) is 1. The van der Waals surface area contributed by atoms with Crippen LogP contribution in [0.25, 0.3) is 0 Å². The zero-order valence-electron chi connectivity index (χ0n) is 14.9. The molecule has 1 saturated heterocycles. The van der Waals surface area contributed by atoms with Crippen LogP contribution in [0.15, 0.2) is 35.3 Å². The van der Waals surface area contributed by atoms with Crippen LogP contribution in [0.2, 0.25) is 0 Å². The van der Waals surface area contributed by atoms with E-state index in [0.717, 1.165) is 24.5 Å². The maximum Gasteiger partial charge on any atom is 0.345 e. The van der Waals surface area contributed by atoms with Gasteiger partial charge < -0.3 is 19.3 Å². The molecule has 0 atom stereocenters. The number of hydrogen-bond acceptors (Lipinski definition) is 7. The van der Waals surface area contributed by atoms with Crippen LogP contribution in [0.1, 0.15) is 17.3 Å². The van der Waals surface area contributed by atoms with Gasteiger partial charge >= 0.3 is 5.97 Å². The first-order valence-corrected chi connectivity index (χ1v) is 8.52. The Labute approximate surface area is 151 Å². The van der Waals surface area contributed by atoms with Gasteiger partial charge in [-0.3, -0.25) is 9.78 Å². The van der Waals surface area contributed by atoms with E-state index in [4.69, 9.17) is 9.47 Å². The number of carbonyl (C=O) groups is 1. The molecule has 2 heterocycles. The third-order valence-corrected chi connectivity index (χ3v) is 4.28. The van der Waals surface area contributed by atoms with Crippen LogP contribution in [0.5, 0.6) is 5.75 Å². The quantitative estimate of drug-likeness (QED) is 0.806. The van der Waals surface area contributed by atoms with Gasteiger partial charge in [-0.25, -0.2) is 9.78 Å². The van der Waals surface area contributed by atoms with Crippen LogP contribution >= 0.6 is 0 Å². The number of esters is 1. The summed E-state index contributed by atoms with van der Waals surface area (Å²) < 4.78 is 10.1. The fourth-order valence-electron chi connectivity index (χ4n) is 2.88. The van der Waals surface area contributed by atoms with Crippen molar-refractivity contribution in [3.8, 4) is 5.75 Å². The molecular weight excluding hydrogens is 336 g/mol. The lowest BCUT2D eigenvalue weighted by molar-refractivity contribution is 0.0523. The summed E-state index contributed by atoms with van der Waals surface area (Å²) in [6.45, 7) is 4.90. The molecule has 1 aromatic heterocycles. The molecule has 0 bridgehead atoms. The van der Waals surface area contributed by atoms with Crippen LogP contribution in [0, 0.1) is 0 Å². The van der Waals surface area contributed by atoms with Gasteiger partial charge in [0.25, 0.3) is 5.56 Å². The second-order valence-electron chi connectivity index (χ2n) is 5.85. The van der Waals surface area contributed by atoms with E-state index in [1.807, 2.05) is 29.2 Å². The maximum atomic E-state index is 12.1. The van der Waals surface area contributed by atoms with Gasteiger partial charge in [0.2, 0.25) is 5.95 Å². The van der Waals surface area contributed by atoms with Gasteiger partial charge in [0.05, 0.1) is 19.9 Å². The van der Waals surface area contributed by atoms with Crippen molar-refractivity contribution in [2.75, 3.05) is 49.7 Å². The van der Waals surface area contributed by atoms with Gasteiger partial charge in [0, 0.05) is 37.9 Å². The van der Waals surface area contributed by atoms with E-state index >= 15 is 0 Å². The summed E-state index contributed by atoms with van der Waals surface area (Å²) in [7, 11) is 1.65. The van der Waals surface area contributed by atoms with Crippen LogP contribution < -0.4 is 20.1 Å². The fourth-order valence-corrected chi connectivity index (χ4v) is 2.88. The number of aromatic amines is 1. The highest BCUT2D eigenvalue weighted by Gasteiger charge is 2.21. The van der Waals surface area contributed by atoms with Crippen molar-refractivity contribution in [2.24, 2.45) is 0 Å². The summed E-state index contributed by atoms with van der Waals surface area (Å²) in [4.78, 5) is 34.9. The number of nitrogens with zero attached hydrogens (tertiary/aromatic N) is 3. The summed E-state index contributed by atoms with van der Waals surface area (Å²) in [5.74, 6) is 0.634. The molecule has 1 fully saturated rings. The number of piperazine rings is 1. The third-order valence-electron chi connectivity index (χ3n) is 4.28. The van der Waals surface area contributed by atoms with E-state index in [1.165, 1.54) is 6.20 Å². The molecule has 1 aromatic carbocycles. The van der Waals surface area contributed by atoms with Gasteiger partial charge in [0.1, 0.15) is 11.3 Å². The zero-order chi connectivity index (χ0) is 18.5. The monoisotopic (exact) mass is 358 g/mol. The molecular formula is C18H22N4O4. The average molecular weight is 358 g/mol. The van der Waals surface area contributed by atoms with Crippen molar-refractivity contribution >= 4 is 17.6 Å². The predicted octanol–water partition coefficient (Wildman–Crippen LogP) is 1.28. The zero-order valence-corrected chi connectivity index (χ0v) is 14.9. The number of nitrogens with one attached hydrogen (secondary N) is 1. The number of carbonyl (C=O) groups excluding carboxylic acids is 1. The number of H-pyrrole nitrogens is 1. The molecule has 0 spiro atoms. The molecule has 0 saturated carbocycles. The predicted molar refractivity (Wildman–Crippen MR) is 98.2 cm³/mol. The summed E-state index contributed by atoms with van der Waals surface area (Å²) in [5, 5.41) is 0. The van der Waals surface area contributed by atoms with Crippen LogP contribution in [0.3, 0.4) is 0 Å². The highest BCUT2D eigenvalue weighted by Crippen LogP contribution is 2.22. The number of rotatable bonds is 5. The summed E-state index contributed by atoms with van der Waals surface area (Å²) in [5.41, 5.74) is 0.539. The summed E-state index contributed by atoms with van der Waals surface area (Å²) in [6, 6.07) is 7.93. The van der Waals surface area contributed by atoms with Gasteiger partial charge in [-0.1, -0.05) is 6.07 Å². The number of methoxy groups -OCH3 is 1. The molecule has 0 radical (unpaired) electrons. The Balaban J connectivity index is 1.67. The first kappa shape index (κ1) is 17.8. The number of benzene rings is 1. The Morgan fingerprint density at radius 2 is 1.96 bits per heavy atom. The van der Waals surface area contributed by atoms with Crippen molar-refractivity contribution < 1.29 is 14.3 Å². The van der Waals surface area contributed by atoms with Crippen molar-refractivity contribution in [2.45, 2.75) is 6.92 Å². The van der Waals surface area contributed by atoms with E-state index < -0.39 is 11.5 Å². The molecule has 0 aliphatic carbocycles. The first-order chi connectivity index (χ1) is 12.6. The Hall–Kier alpha value is -3.03. The molecule has 0 amide bonds. The first-order valence-electron chi connectivity index (χ1n) is 8.52. The fraction of sp³-hybridized carbons (Fsp3) is 0.389. The van der Waals surface area contributed by atoms with Crippen molar-refractivity contribution in [1.82, 2.24) is 9.97 Å². The Morgan fingerprint density at radius 3 is 2.62 bits per heavy atom. The minimum Gasteiger partial charge on any atom is -0.497 e. The summed E-state index contributed by atoms with van der Waals surface area (Å²) in [6.07, 6.45) is 1.28. The van der Waals surface area contributed by atoms with Crippen molar-refractivity contribution in [3.63, 3.8) is 0 Å². The second kappa shape index (κ2) is 7.90. The lowest BCUT2D eigenvalue weighted by atomic mass is 10.2. The van der Waals surface area contributed by atoms with Gasteiger partial charge in [-0.05, 0) is 19.1 Å². The molecule has 1 N–H and O–H groups in total. The molecule has 3 rings (SSSR count). The normalized spacial score (nSPS) is 14.2. The van der Waals surface area contributed by atoms with E-state index in [1.54, 1.807) is 14.0 Å².